The minimum atomic E-state index is 0. The first kappa shape index (κ1) is 32.5. The van der Waals surface area contributed by atoms with Gasteiger partial charge in [-0.1, -0.05) is 71.1 Å². The van der Waals surface area contributed by atoms with E-state index in [9.17, 15) is 0 Å². The molecular formula is C40H40IrN4-2. The van der Waals surface area contributed by atoms with E-state index in [1.807, 2.05) is 43.3 Å². The smallest absolute Gasteiger partial charge is 0.0777 e. The van der Waals surface area contributed by atoms with E-state index in [0.717, 1.165) is 33.9 Å². The Balaban J connectivity index is 0.000000240. The number of aromatic nitrogens is 4. The number of benzene rings is 3. The zero-order valence-corrected chi connectivity index (χ0v) is 29.6. The molecule has 231 valence electrons. The van der Waals surface area contributed by atoms with Gasteiger partial charge in [0, 0.05) is 32.0 Å². The summed E-state index contributed by atoms with van der Waals surface area (Å²) in [6, 6.07) is 33.7. The van der Waals surface area contributed by atoms with E-state index < -0.39 is 0 Å². The molecule has 0 bridgehead atoms. The van der Waals surface area contributed by atoms with Crippen molar-refractivity contribution in [3.63, 3.8) is 0 Å². The van der Waals surface area contributed by atoms with Crippen molar-refractivity contribution >= 4 is 11.0 Å². The fourth-order valence-electron chi connectivity index (χ4n) is 6.32. The summed E-state index contributed by atoms with van der Waals surface area (Å²) in [5.41, 5.74) is 13.1. The van der Waals surface area contributed by atoms with Gasteiger partial charge >= 0.3 is 0 Å². The summed E-state index contributed by atoms with van der Waals surface area (Å²) < 4.78 is 2.36. The molecule has 7 rings (SSSR count). The Labute approximate surface area is 281 Å². The van der Waals surface area contributed by atoms with Crippen LogP contribution in [0.5, 0.6) is 0 Å². The molecule has 1 aliphatic rings. The summed E-state index contributed by atoms with van der Waals surface area (Å²) in [6.07, 6.45) is 5.96. The molecule has 0 amide bonds. The topological polar surface area (TPSA) is 43.6 Å². The third kappa shape index (κ3) is 6.43. The van der Waals surface area contributed by atoms with Gasteiger partial charge in [0.25, 0.3) is 0 Å². The number of para-hydroxylation sites is 1. The minimum absolute atomic E-state index is 0. The van der Waals surface area contributed by atoms with Gasteiger partial charge in [-0.2, -0.15) is 0 Å². The standard InChI is InChI=1S/C29H31N2.C11H9N2.Ir/c1-19-11-10-12-20(2)26(19)31-25-18-23-22(28(3,4)15-16-29(23,5)6)17-24(25)30-27(31)21-13-8-7-9-14-21;1-9-5-6-10(8-13-9)11-4-2-3-7-12-11;/h7-13,17-18H,15-16H2,1-6H3;2-5,7-8H,1H3;/q2*-1;. The van der Waals surface area contributed by atoms with E-state index in [4.69, 9.17) is 4.98 Å². The zero-order chi connectivity index (χ0) is 31.1. The number of fused-ring (bicyclic) bond motifs is 2. The van der Waals surface area contributed by atoms with E-state index in [-0.39, 0.29) is 30.9 Å². The van der Waals surface area contributed by atoms with Gasteiger partial charge in [-0.25, -0.2) is 0 Å². The number of hydrogen-bond donors (Lipinski definition) is 0. The van der Waals surface area contributed by atoms with Crippen molar-refractivity contribution in [2.24, 2.45) is 0 Å². The second-order valence-corrected chi connectivity index (χ2v) is 13.3. The second kappa shape index (κ2) is 12.8. The van der Waals surface area contributed by atoms with Crippen LogP contribution in [0.1, 0.15) is 68.5 Å². The molecule has 3 heterocycles. The molecule has 0 saturated heterocycles. The van der Waals surface area contributed by atoms with Gasteiger partial charge in [0.05, 0.1) is 16.9 Å². The summed E-state index contributed by atoms with van der Waals surface area (Å²) in [5.74, 6) is 0.964. The first-order valence-corrected chi connectivity index (χ1v) is 15.4. The Morgan fingerprint density at radius 1 is 0.733 bits per heavy atom. The summed E-state index contributed by atoms with van der Waals surface area (Å²) in [6.45, 7) is 15.9. The summed E-state index contributed by atoms with van der Waals surface area (Å²) in [4.78, 5) is 13.6. The Hall–Kier alpha value is -3.92. The van der Waals surface area contributed by atoms with Gasteiger partial charge in [0.1, 0.15) is 0 Å². The molecule has 6 aromatic rings. The van der Waals surface area contributed by atoms with Crippen LogP contribution in [0.25, 0.3) is 39.4 Å². The molecule has 3 aromatic carbocycles. The monoisotopic (exact) mass is 769 g/mol. The second-order valence-electron chi connectivity index (χ2n) is 13.3. The summed E-state index contributed by atoms with van der Waals surface area (Å²) in [7, 11) is 0. The molecular weight excluding hydrogens is 729 g/mol. The average molecular weight is 769 g/mol. The van der Waals surface area contributed by atoms with Crippen LogP contribution in [0.2, 0.25) is 0 Å². The molecule has 3 aromatic heterocycles. The molecule has 1 aliphatic carbocycles. The molecule has 4 nitrogen and oxygen atoms in total. The van der Waals surface area contributed by atoms with Crippen LogP contribution in [0, 0.1) is 32.9 Å². The number of hydrogen-bond acceptors (Lipinski definition) is 3. The van der Waals surface area contributed by atoms with Gasteiger partial charge in [-0.3, -0.25) is 4.98 Å². The number of aryl methyl sites for hydroxylation is 3. The molecule has 0 atom stereocenters. The number of rotatable bonds is 3. The molecule has 0 aliphatic heterocycles. The Morgan fingerprint density at radius 2 is 1.42 bits per heavy atom. The van der Waals surface area contributed by atoms with E-state index in [1.165, 1.54) is 46.3 Å². The Kier molecular flexibility index (Phi) is 9.26. The van der Waals surface area contributed by atoms with Crippen molar-refractivity contribution in [1.29, 1.82) is 0 Å². The predicted octanol–water partition coefficient (Wildman–Crippen LogP) is 9.71. The van der Waals surface area contributed by atoms with Crippen molar-refractivity contribution < 1.29 is 20.1 Å². The van der Waals surface area contributed by atoms with Crippen LogP contribution >= 0.6 is 0 Å². The van der Waals surface area contributed by atoms with Gasteiger partial charge in [-0.05, 0) is 89.4 Å². The van der Waals surface area contributed by atoms with Crippen molar-refractivity contribution in [3.05, 3.63) is 131 Å². The maximum Gasteiger partial charge on any atom is 0.0777 e. The first-order valence-electron chi connectivity index (χ1n) is 15.4. The summed E-state index contributed by atoms with van der Waals surface area (Å²) in [5, 5.41) is 0. The number of nitrogens with zero attached hydrogens (tertiary/aromatic N) is 4. The van der Waals surface area contributed by atoms with Crippen LogP contribution in [-0.4, -0.2) is 19.5 Å². The Morgan fingerprint density at radius 3 is 2.02 bits per heavy atom. The quantitative estimate of drug-likeness (QED) is 0.169. The van der Waals surface area contributed by atoms with Crippen LogP contribution in [0.15, 0.2) is 91.3 Å². The van der Waals surface area contributed by atoms with Crippen LogP contribution in [0.4, 0.5) is 0 Å². The third-order valence-electron chi connectivity index (χ3n) is 9.01. The Bertz CT molecular complexity index is 1900. The molecule has 0 N–H and O–H groups in total. The predicted molar refractivity (Wildman–Crippen MR) is 181 cm³/mol. The number of pyridine rings is 2. The SMILES string of the molecule is Cc1c[c-]c(-c2ccccn2)cn1.Cc1cccc(C)c1-n1c(-c2[c-]cccc2)nc2cc3c(cc21)C(C)(C)CCC3(C)C.[Ir]. The van der Waals surface area contributed by atoms with Crippen molar-refractivity contribution in [1.82, 2.24) is 19.5 Å². The maximum atomic E-state index is 5.19. The molecule has 0 unspecified atom stereocenters. The molecule has 0 spiro atoms. The van der Waals surface area contributed by atoms with Crippen LogP contribution in [0.3, 0.4) is 0 Å². The van der Waals surface area contributed by atoms with Crippen LogP contribution in [-0.2, 0) is 30.9 Å². The third-order valence-corrected chi connectivity index (χ3v) is 9.01. The van der Waals surface area contributed by atoms with Crippen molar-refractivity contribution in [2.45, 2.75) is 72.1 Å². The van der Waals surface area contributed by atoms with Gasteiger partial charge in [0.15, 0.2) is 0 Å². The fraction of sp³-hybridized carbons (Fsp3) is 0.275. The molecule has 0 fully saturated rings. The van der Waals surface area contributed by atoms with Gasteiger partial charge < -0.3 is 14.5 Å². The maximum absolute atomic E-state index is 5.19. The minimum Gasteiger partial charge on any atom is -0.357 e. The average Bonchev–Trinajstić information content (AvgIpc) is 3.39. The van der Waals surface area contributed by atoms with Crippen molar-refractivity contribution in [3.8, 4) is 28.3 Å². The van der Waals surface area contributed by atoms with Crippen LogP contribution < -0.4 is 0 Å². The van der Waals surface area contributed by atoms with E-state index in [1.54, 1.807) is 12.4 Å². The van der Waals surface area contributed by atoms with E-state index in [2.05, 4.69) is 111 Å². The fourth-order valence-corrected chi connectivity index (χ4v) is 6.32. The normalized spacial score (nSPS) is 14.6. The van der Waals surface area contributed by atoms with Gasteiger partial charge in [-0.15, -0.1) is 53.6 Å². The van der Waals surface area contributed by atoms with E-state index in [0.29, 0.717) is 0 Å². The largest absolute Gasteiger partial charge is 0.357 e. The molecule has 5 heteroatoms. The molecule has 45 heavy (non-hydrogen) atoms. The molecule has 1 radical (unpaired) electrons. The zero-order valence-electron chi connectivity index (χ0n) is 27.2. The van der Waals surface area contributed by atoms with Gasteiger partial charge in [0.2, 0.25) is 0 Å². The van der Waals surface area contributed by atoms with E-state index >= 15 is 0 Å². The van der Waals surface area contributed by atoms with Crippen molar-refractivity contribution in [2.75, 3.05) is 0 Å². The first-order chi connectivity index (χ1) is 21.0. The summed E-state index contributed by atoms with van der Waals surface area (Å²) >= 11 is 0. The number of imidazole rings is 1. The molecule has 0 saturated carbocycles.